The van der Waals surface area contributed by atoms with Crippen LogP contribution >= 0.6 is 11.3 Å². The fourth-order valence-electron chi connectivity index (χ4n) is 3.34. The van der Waals surface area contributed by atoms with Gasteiger partial charge in [-0.25, -0.2) is 0 Å². The van der Waals surface area contributed by atoms with Crippen molar-refractivity contribution in [3.63, 3.8) is 0 Å². The van der Waals surface area contributed by atoms with Crippen molar-refractivity contribution in [3.05, 3.63) is 22.4 Å². The third-order valence-corrected chi connectivity index (χ3v) is 5.55. The Balaban J connectivity index is 1.70. The monoisotopic (exact) mass is 277 g/mol. The van der Waals surface area contributed by atoms with Gasteiger partial charge in [0.2, 0.25) is 0 Å². The maximum Gasteiger partial charge on any atom is 0.264 e. The average Bonchev–Trinajstić information content (AvgIpc) is 3.12. The zero-order chi connectivity index (χ0) is 13.2. The Hall–Kier alpha value is -0.830. The molecule has 0 bridgehead atoms. The molecule has 3 rings (SSSR count). The van der Waals surface area contributed by atoms with Gasteiger partial charge in [0.15, 0.2) is 0 Å². The first kappa shape index (κ1) is 13.2. The number of carbonyl (C=O) groups is 1. The topological polar surface area (TPSA) is 20.3 Å². The average molecular weight is 277 g/mol. The fraction of sp³-hybridized carbons (Fsp3) is 0.688. The van der Waals surface area contributed by atoms with Gasteiger partial charge in [-0.2, -0.15) is 0 Å². The summed E-state index contributed by atoms with van der Waals surface area (Å²) < 4.78 is 0. The molecule has 2 nitrogen and oxygen atoms in total. The van der Waals surface area contributed by atoms with Crippen LogP contribution in [0.4, 0.5) is 0 Å². The van der Waals surface area contributed by atoms with Crippen LogP contribution in [0.3, 0.4) is 0 Å². The van der Waals surface area contributed by atoms with Gasteiger partial charge in [0, 0.05) is 12.1 Å². The van der Waals surface area contributed by atoms with Crippen LogP contribution in [0.15, 0.2) is 17.5 Å². The van der Waals surface area contributed by atoms with Crippen molar-refractivity contribution in [3.8, 4) is 0 Å². The zero-order valence-electron chi connectivity index (χ0n) is 11.7. The lowest BCUT2D eigenvalue weighted by Gasteiger charge is -2.37. The Morgan fingerprint density at radius 3 is 2.32 bits per heavy atom. The molecule has 1 aromatic heterocycles. The van der Waals surface area contributed by atoms with Crippen LogP contribution in [-0.2, 0) is 0 Å². The number of nitrogens with zero attached hydrogens (tertiary/aromatic N) is 1. The molecule has 2 aliphatic carbocycles. The van der Waals surface area contributed by atoms with Crippen LogP contribution in [0, 0.1) is 5.92 Å². The largest absolute Gasteiger partial charge is 0.332 e. The molecule has 0 N–H and O–H groups in total. The van der Waals surface area contributed by atoms with Gasteiger partial charge in [-0.1, -0.05) is 19.4 Å². The summed E-state index contributed by atoms with van der Waals surface area (Å²) in [5, 5.41) is 2.01. The molecule has 104 valence electrons. The maximum absolute atomic E-state index is 12.7. The van der Waals surface area contributed by atoms with E-state index in [0.717, 1.165) is 10.8 Å². The first-order chi connectivity index (χ1) is 9.29. The van der Waals surface area contributed by atoms with Crippen LogP contribution in [0.1, 0.15) is 61.5 Å². The van der Waals surface area contributed by atoms with Crippen LogP contribution in [0.25, 0.3) is 0 Å². The standard InChI is InChI=1S/C16H23NOS/c1-2-12-5-7-13(8-6-12)17(14-9-10-14)16(18)15-4-3-11-19-15/h3-4,11-14H,2,5-10H2,1H3. The Kier molecular flexibility index (Phi) is 3.92. The van der Waals surface area contributed by atoms with E-state index >= 15 is 0 Å². The smallest absolute Gasteiger partial charge is 0.264 e. The van der Waals surface area contributed by atoms with Gasteiger partial charge < -0.3 is 4.90 Å². The second kappa shape index (κ2) is 5.66. The van der Waals surface area contributed by atoms with Gasteiger partial charge in [-0.15, -0.1) is 11.3 Å². The van der Waals surface area contributed by atoms with E-state index in [9.17, 15) is 4.79 Å². The number of hydrogen-bond acceptors (Lipinski definition) is 2. The van der Waals surface area contributed by atoms with Gasteiger partial charge in [-0.3, -0.25) is 4.79 Å². The summed E-state index contributed by atoms with van der Waals surface area (Å²) in [6.07, 6.45) is 8.77. The minimum Gasteiger partial charge on any atom is -0.332 e. The second-order valence-electron chi connectivity index (χ2n) is 6.00. The lowest BCUT2D eigenvalue weighted by Crippen LogP contribution is -2.43. The van der Waals surface area contributed by atoms with E-state index in [1.165, 1.54) is 44.9 Å². The molecule has 2 fully saturated rings. The lowest BCUT2D eigenvalue weighted by molar-refractivity contribution is 0.0592. The van der Waals surface area contributed by atoms with Crippen molar-refractivity contribution in [1.82, 2.24) is 4.90 Å². The predicted octanol–water partition coefficient (Wildman–Crippen LogP) is 4.32. The highest BCUT2D eigenvalue weighted by Gasteiger charge is 2.39. The Morgan fingerprint density at radius 2 is 1.84 bits per heavy atom. The molecule has 19 heavy (non-hydrogen) atoms. The fourth-order valence-corrected chi connectivity index (χ4v) is 4.01. The molecule has 1 amide bonds. The summed E-state index contributed by atoms with van der Waals surface area (Å²) in [5.74, 6) is 1.19. The van der Waals surface area contributed by atoms with Crippen molar-refractivity contribution < 1.29 is 4.79 Å². The van der Waals surface area contributed by atoms with E-state index in [4.69, 9.17) is 0 Å². The molecule has 0 aliphatic heterocycles. The minimum absolute atomic E-state index is 0.289. The molecule has 2 saturated carbocycles. The van der Waals surface area contributed by atoms with Crippen LogP contribution in [0.2, 0.25) is 0 Å². The van der Waals surface area contributed by atoms with Crippen molar-refractivity contribution in [1.29, 1.82) is 0 Å². The quantitative estimate of drug-likeness (QED) is 0.802. The summed E-state index contributed by atoms with van der Waals surface area (Å²) in [7, 11) is 0. The van der Waals surface area contributed by atoms with E-state index in [1.807, 2.05) is 17.5 Å². The molecule has 3 heteroatoms. The molecular weight excluding hydrogens is 254 g/mol. The number of rotatable bonds is 4. The highest BCUT2D eigenvalue weighted by molar-refractivity contribution is 7.12. The SMILES string of the molecule is CCC1CCC(N(C(=O)c2cccs2)C2CC2)CC1. The molecule has 1 heterocycles. The van der Waals surface area contributed by atoms with Crippen molar-refractivity contribution in [2.24, 2.45) is 5.92 Å². The number of amides is 1. The predicted molar refractivity (Wildman–Crippen MR) is 79.5 cm³/mol. The van der Waals surface area contributed by atoms with E-state index in [0.29, 0.717) is 12.1 Å². The number of hydrogen-bond donors (Lipinski definition) is 0. The number of thiophene rings is 1. The van der Waals surface area contributed by atoms with E-state index in [2.05, 4.69) is 11.8 Å². The summed E-state index contributed by atoms with van der Waals surface area (Å²) in [4.78, 5) is 15.8. The summed E-state index contributed by atoms with van der Waals surface area (Å²) >= 11 is 1.58. The zero-order valence-corrected chi connectivity index (χ0v) is 12.5. The van der Waals surface area contributed by atoms with Crippen molar-refractivity contribution in [2.45, 2.75) is 64.0 Å². The Morgan fingerprint density at radius 1 is 1.21 bits per heavy atom. The van der Waals surface area contributed by atoms with E-state index in [1.54, 1.807) is 11.3 Å². The second-order valence-corrected chi connectivity index (χ2v) is 6.95. The van der Waals surface area contributed by atoms with Gasteiger partial charge in [0.1, 0.15) is 0 Å². The summed E-state index contributed by atoms with van der Waals surface area (Å²) in [6, 6.07) is 5.00. The lowest BCUT2D eigenvalue weighted by atomic mass is 9.84. The molecule has 2 aliphatic rings. The molecule has 0 aromatic carbocycles. The Bertz CT molecular complexity index is 416. The van der Waals surface area contributed by atoms with Crippen LogP contribution < -0.4 is 0 Å². The minimum atomic E-state index is 0.289. The molecule has 1 aromatic rings. The van der Waals surface area contributed by atoms with Gasteiger partial charge >= 0.3 is 0 Å². The number of carbonyl (C=O) groups excluding carboxylic acids is 1. The highest BCUT2D eigenvalue weighted by atomic mass is 32.1. The van der Waals surface area contributed by atoms with Gasteiger partial charge in [0.05, 0.1) is 4.88 Å². The normalized spacial score (nSPS) is 27.2. The third-order valence-electron chi connectivity index (χ3n) is 4.69. The van der Waals surface area contributed by atoms with Gasteiger partial charge in [-0.05, 0) is 55.9 Å². The molecular formula is C16H23NOS. The van der Waals surface area contributed by atoms with Crippen molar-refractivity contribution in [2.75, 3.05) is 0 Å². The molecule has 0 unspecified atom stereocenters. The van der Waals surface area contributed by atoms with E-state index in [-0.39, 0.29) is 5.91 Å². The van der Waals surface area contributed by atoms with Gasteiger partial charge in [0.25, 0.3) is 5.91 Å². The van der Waals surface area contributed by atoms with Crippen LogP contribution in [-0.4, -0.2) is 22.9 Å². The molecule has 0 saturated heterocycles. The van der Waals surface area contributed by atoms with Crippen molar-refractivity contribution >= 4 is 17.2 Å². The van der Waals surface area contributed by atoms with E-state index < -0.39 is 0 Å². The Labute approximate surface area is 119 Å². The third kappa shape index (κ3) is 2.86. The molecule has 0 radical (unpaired) electrons. The molecule has 0 spiro atoms. The maximum atomic E-state index is 12.7. The summed E-state index contributed by atoms with van der Waals surface area (Å²) in [6.45, 7) is 2.29. The summed E-state index contributed by atoms with van der Waals surface area (Å²) in [5.41, 5.74) is 0. The van der Waals surface area contributed by atoms with Crippen LogP contribution in [0.5, 0.6) is 0 Å². The molecule has 0 atom stereocenters. The first-order valence-electron chi connectivity index (χ1n) is 7.65. The first-order valence-corrected chi connectivity index (χ1v) is 8.53. The highest BCUT2D eigenvalue weighted by Crippen LogP contribution is 2.37.